The van der Waals surface area contributed by atoms with E-state index in [1.54, 1.807) is 0 Å². The maximum absolute atomic E-state index is 11.9. The third-order valence-electron chi connectivity index (χ3n) is 19.0. The molecule has 31 aliphatic heterocycles. The monoisotopic (exact) mass is 1460 g/mol. The van der Waals surface area contributed by atoms with E-state index in [2.05, 4.69) is 0 Å². The van der Waals surface area contributed by atoms with Gasteiger partial charge in [-0.2, -0.15) is 0 Å². The molecule has 31 aliphatic rings. The highest BCUT2D eigenvalue weighted by Gasteiger charge is 2.61. The Morgan fingerprint density at radius 3 is 0.515 bits per heavy atom. The lowest BCUT2D eigenvalue weighted by Crippen LogP contribution is -2.69. The van der Waals surface area contributed by atoms with Crippen molar-refractivity contribution in [2.24, 2.45) is 0 Å². The summed E-state index contributed by atoms with van der Waals surface area (Å²) in [5.74, 6) is 0. The van der Waals surface area contributed by atoms with Gasteiger partial charge in [0.15, 0.2) is 56.6 Å². The van der Waals surface area contributed by atoms with Gasteiger partial charge in [-0.25, -0.2) is 0 Å². The van der Waals surface area contributed by atoms with Crippen LogP contribution in [0, 0.1) is 0 Å². The Bertz CT molecular complexity index is 2450. The second-order valence-electron chi connectivity index (χ2n) is 25.3. The van der Waals surface area contributed by atoms with Crippen molar-refractivity contribution in [3.63, 3.8) is 0 Å². The molecule has 0 aromatic carbocycles. The van der Waals surface area contributed by atoms with Crippen molar-refractivity contribution >= 4 is 0 Å². The summed E-state index contributed by atoms with van der Waals surface area (Å²) in [5.41, 5.74) is 0. The van der Waals surface area contributed by atoms with Gasteiger partial charge in [0, 0.05) is 0 Å². The summed E-state index contributed by atoms with van der Waals surface area (Å²) in [6, 6.07) is 0. The van der Waals surface area contributed by atoms with Gasteiger partial charge in [0.1, 0.15) is 220 Å². The van der Waals surface area contributed by atoms with Crippen molar-refractivity contribution in [2.75, 3.05) is 59.5 Å². The number of aliphatic hydroxyl groups is 27. The summed E-state index contributed by atoms with van der Waals surface area (Å²) in [7, 11) is 0. The first-order chi connectivity index (χ1) is 47.1. The molecule has 0 amide bonds. The third-order valence-corrected chi connectivity index (χ3v) is 19.0. The summed E-state index contributed by atoms with van der Waals surface area (Å²) < 4.78 is 103. The Kier molecular flexibility index (Phi) is 27.4. The van der Waals surface area contributed by atoms with E-state index in [0.29, 0.717) is 0 Å². The zero-order valence-corrected chi connectivity index (χ0v) is 51.8. The molecule has 0 saturated carbocycles. The van der Waals surface area contributed by atoms with Crippen molar-refractivity contribution in [3.8, 4) is 0 Å². The zero-order valence-electron chi connectivity index (χ0n) is 51.8. The van der Waals surface area contributed by atoms with Crippen LogP contribution in [0.1, 0.15) is 0 Å². The van der Waals surface area contributed by atoms with Crippen LogP contribution in [0.5, 0.6) is 0 Å². The standard InChI is InChI=1S/C54H90O45/c55-1-10-19(63)20(64)29(73)46(83-10)82-9-18-45-28(72)37(81)54(91-18)98-44-17(8-62)89-52(35(79)26(44)70)96-42-15(6-60)87-50(33(77)24(42)68)94-40-13(4-58)85-48(31(75)22(40)66)92-38-11(2-56)84-47(30(74)21(38)65)93-39-12(3-57)86-49(32(76)23(39)67)95-41-14(5-59)88-51(34(78)25(41)69)97-43-16(7-61)90-53(99-45)36(80)27(43)71/h10-81H,1-9H2/t10-,11-,12-,13-,14-,15-,16-,17-,18-,19+,20+,21-,22-,23-,24-,25-,26-,27-,28-,29-,30-,31-,32-,33-,34-,35-,36-,37-,38-,39-,40-,41-,42-,43-,44-,45-,46-,47-,48-,49-,50-,51-,52-,53-,54-/m1/s1. The molecule has 45 heteroatoms. The van der Waals surface area contributed by atoms with Gasteiger partial charge in [-0.1, -0.05) is 0 Å². The van der Waals surface area contributed by atoms with E-state index in [1.165, 1.54) is 0 Å². The molecule has 31 saturated heterocycles. The average Bonchev–Trinajstić information content (AvgIpc) is 0.777. The van der Waals surface area contributed by atoms with Gasteiger partial charge in [0.05, 0.1) is 59.5 Å². The van der Waals surface area contributed by atoms with Crippen molar-refractivity contribution in [1.82, 2.24) is 0 Å². The Morgan fingerprint density at radius 1 is 0.162 bits per heavy atom. The summed E-state index contributed by atoms with van der Waals surface area (Å²) >= 11 is 0. The lowest BCUT2D eigenvalue weighted by molar-refractivity contribution is -0.405. The van der Waals surface area contributed by atoms with E-state index in [1.807, 2.05) is 0 Å². The maximum Gasteiger partial charge on any atom is 0.187 e. The Morgan fingerprint density at radius 2 is 0.333 bits per heavy atom. The minimum atomic E-state index is -2.40. The van der Waals surface area contributed by atoms with Crippen LogP contribution >= 0.6 is 0 Å². The van der Waals surface area contributed by atoms with Crippen molar-refractivity contribution < 1.29 is 223 Å². The molecule has 31 fully saturated rings. The molecular weight excluding hydrogens is 1370 g/mol. The van der Waals surface area contributed by atoms with Gasteiger partial charge in [-0.3, -0.25) is 0 Å². The van der Waals surface area contributed by atoms with Crippen LogP contribution < -0.4 is 0 Å². The first kappa shape index (κ1) is 79.8. The Labute approximate surface area is 558 Å². The molecular formula is C54H90O45. The molecule has 99 heavy (non-hydrogen) atoms. The summed E-state index contributed by atoms with van der Waals surface area (Å²) in [6.07, 6.45) is -94.5. The van der Waals surface area contributed by atoms with E-state index in [-0.39, 0.29) is 0 Å². The molecule has 27 N–H and O–H groups in total. The molecule has 45 atom stereocenters. The predicted molar refractivity (Wildman–Crippen MR) is 294 cm³/mol. The number of aliphatic hydroxyl groups excluding tert-OH is 27. The van der Waals surface area contributed by atoms with E-state index in [4.69, 9.17) is 85.3 Å². The first-order valence-electron chi connectivity index (χ1n) is 31.6. The minimum Gasteiger partial charge on any atom is -0.394 e. The number of rotatable bonds is 11. The fourth-order valence-corrected chi connectivity index (χ4v) is 13.3. The summed E-state index contributed by atoms with van der Waals surface area (Å²) in [5, 5.41) is 300. The highest BCUT2D eigenvalue weighted by atomic mass is 16.8. The van der Waals surface area contributed by atoms with Crippen molar-refractivity contribution in [1.29, 1.82) is 0 Å². The molecule has 576 valence electrons. The molecule has 45 nitrogen and oxygen atoms in total. The average molecular weight is 1460 g/mol. The van der Waals surface area contributed by atoms with Crippen LogP contribution in [0.25, 0.3) is 0 Å². The molecule has 0 spiro atoms. The highest BCUT2D eigenvalue weighted by molar-refractivity contribution is 5.03. The molecule has 0 unspecified atom stereocenters. The Balaban J connectivity index is 0.934. The lowest BCUT2D eigenvalue weighted by Gasteiger charge is -2.50. The molecule has 0 radical (unpaired) electrons. The van der Waals surface area contributed by atoms with Gasteiger partial charge in [-0.15, -0.1) is 0 Å². The van der Waals surface area contributed by atoms with Crippen LogP contribution in [0.15, 0.2) is 0 Å². The smallest absolute Gasteiger partial charge is 0.187 e. The van der Waals surface area contributed by atoms with Crippen molar-refractivity contribution in [2.45, 2.75) is 276 Å². The fraction of sp³-hybridized carbons (Fsp3) is 1.00. The van der Waals surface area contributed by atoms with Crippen LogP contribution in [0.2, 0.25) is 0 Å². The van der Waals surface area contributed by atoms with Crippen LogP contribution in [0.3, 0.4) is 0 Å². The van der Waals surface area contributed by atoms with Gasteiger partial charge in [0.25, 0.3) is 0 Å². The molecule has 0 aromatic heterocycles. The third kappa shape index (κ3) is 16.0. The number of ether oxygens (including phenoxy) is 18. The first-order valence-corrected chi connectivity index (χ1v) is 31.6. The number of hydrogen-bond acceptors (Lipinski definition) is 45. The summed E-state index contributed by atoms with van der Waals surface area (Å²) in [6.45, 7) is -9.86. The molecule has 16 bridgehead atoms. The second-order valence-corrected chi connectivity index (χ2v) is 25.3. The predicted octanol–water partition coefficient (Wildman–Crippen LogP) is -19.6. The maximum atomic E-state index is 11.9. The summed E-state index contributed by atoms with van der Waals surface area (Å²) in [4.78, 5) is 0. The van der Waals surface area contributed by atoms with Gasteiger partial charge >= 0.3 is 0 Å². The molecule has 31 rings (SSSR count). The van der Waals surface area contributed by atoms with Crippen LogP contribution in [-0.2, 0) is 85.3 Å². The minimum absolute atomic E-state index is 0.941. The van der Waals surface area contributed by atoms with Gasteiger partial charge in [-0.05, 0) is 0 Å². The van der Waals surface area contributed by atoms with E-state index in [9.17, 15) is 138 Å². The highest BCUT2D eigenvalue weighted by Crippen LogP contribution is 2.40. The molecule has 31 heterocycles. The van der Waals surface area contributed by atoms with Crippen LogP contribution in [0.4, 0.5) is 0 Å². The van der Waals surface area contributed by atoms with Gasteiger partial charge < -0.3 is 223 Å². The molecule has 0 aromatic rings. The van der Waals surface area contributed by atoms with Gasteiger partial charge in [0.2, 0.25) is 0 Å². The topological polar surface area (TPSA) is 712 Å². The van der Waals surface area contributed by atoms with Crippen molar-refractivity contribution in [3.05, 3.63) is 0 Å². The second kappa shape index (κ2) is 34.0. The van der Waals surface area contributed by atoms with E-state index < -0.39 is 336 Å². The molecule has 0 aliphatic carbocycles. The lowest BCUT2D eigenvalue weighted by atomic mass is 9.94. The SMILES string of the molecule is OC[C@H]1O[C@@H](OC[C@H]2O[C@@H]3O[C@H]4[C@H](O)[C@@H](O)[C@@H](O[C@H]5[C@H](O)[C@@H](O)[C@@H](O[C@H]6[C@H](O)[C@@H](O)[C@@H](O[C@H]7[C@H](O)[C@@H](O)[C@@H](O[C@H]8[C@H](O)[C@@H](O)[C@@H](O[C@H]9[C@H](O)[C@@H](O)[C@@H](O[C@H]%10[C@H](O)[C@@H](O)[C@@H](O[C@H]2[C@H](O)[C@H]3O)O[C@@H]%10CO)O[C@@H]9CO)O[C@@H]8CO)O[C@@H]7CO)O[C@@H]6CO)O[C@@H]5CO)O[C@@H]4CO)[C@H](O)[C@@H](O)[C@H]1O. The zero-order chi connectivity index (χ0) is 72.1. The largest absolute Gasteiger partial charge is 0.394 e. The fourth-order valence-electron chi connectivity index (χ4n) is 13.3. The Hall–Kier alpha value is -1.80. The number of hydrogen-bond donors (Lipinski definition) is 27. The normalized spacial score (nSPS) is 55.2. The van der Waals surface area contributed by atoms with Crippen LogP contribution in [-0.4, -0.2) is 474 Å². The van der Waals surface area contributed by atoms with E-state index in [0.717, 1.165) is 0 Å². The quantitative estimate of drug-likeness (QED) is 0.0913. The van der Waals surface area contributed by atoms with E-state index >= 15 is 0 Å².